The van der Waals surface area contributed by atoms with Crippen LogP contribution in [0.5, 0.6) is 0 Å². The Balaban J connectivity index is 0.000000396. The van der Waals surface area contributed by atoms with Gasteiger partial charge < -0.3 is 24.3 Å². The second-order valence-electron chi connectivity index (χ2n) is 7.34. The number of nitrogens with one attached hydrogen (secondary N) is 1. The number of carbonyl (C=O) groups excluding carboxylic acids is 1. The highest BCUT2D eigenvalue weighted by atomic mass is 19.4. The smallest absolute Gasteiger partial charge is 0.475 e. The zero-order valence-electron chi connectivity index (χ0n) is 16.7. The van der Waals surface area contributed by atoms with Gasteiger partial charge in [-0.2, -0.15) is 13.2 Å². The minimum atomic E-state index is -5.08. The minimum absolute atomic E-state index is 0.0979. The Morgan fingerprint density at radius 3 is 2.67 bits per heavy atom. The van der Waals surface area contributed by atoms with Gasteiger partial charge in [-0.1, -0.05) is 0 Å². The van der Waals surface area contributed by atoms with E-state index in [1.165, 1.54) is 0 Å². The molecule has 30 heavy (non-hydrogen) atoms. The molecule has 0 saturated carbocycles. The van der Waals surface area contributed by atoms with Crippen molar-refractivity contribution in [2.24, 2.45) is 17.8 Å². The van der Waals surface area contributed by atoms with Gasteiger partial charge in [0.25, 0.3) is 0 Å². The van der Waals surface area contributed by atoms with Crippen LogP contribution in [-0.2, 0) is 25.6 Å². The number of carbonyl (C=O) groups is 2. The van der Waals surface area contributed by atoms with Gasteiger partial charge in [0, 0.05) is 33.2 Å². The van der Waals surface area contributed by atoms with E-state index in [1.54, 1.807) is 13.4 Å². The number of hydrogen-bond donors (Lipinski definition) is 2. The molecule has 0 bridgehead atoms. The topological polar surface area (TPSA) is 101 Å². The molecule has 0 unspecified atom stereocenters. The fourth-order valence-corrected chi connectivity index (χ4v) is 3.76. The van der Waals surface area contributed by atoms with E-state index < -0.39 is 12.1 Å². The predicted octanol–water partition coefficient (Wildman–Crippen LogP) is 1.76. The number of ether oxygens (including phenoxy) is 2. The van der Waals surface area contributed by atoms with E-state index in [4.69, 9.17) is 23.8 Å². The predicted molar refractivity (Wildman–Crippen MR) is 98.5 cm³/mol. The van der Waals surface area contributed by atoms with Crippen molar-refractivity contribution in [1.29, 1.82) is 0 Å². The number of aliphatic carboxylic acids is 1. The van der Waals surface area contributed by atoms with Crippen LogP contribution < -0.4 is 5.32 Å². The number of halogens is 3. The van der Waals surface area contributed by atoms with Crippen molar-refractivity contribution in [2.45, 2.75) is 19.1 Å². The van der Waals surface area contributed by atoms with E-state index in [1.807, 2.05) is 12.1 Å². The third-order valence-corrected chi connectivity index (χ3v) is 5.11. The molecule has 0 aromatic carbocycles. The minimum Gasteiger partial charge on any atom is -0.475 e. The van der Waals surface area contributed by atoms with Crippen molar-refractivity contribution in [3.05, 3.63) is 24.2 Å². The highest BCUT2D eigenvalue weighted by Gasteiger charge is 2.41. The van der Waals surface area contributed by atoms with Crippen molar-refractivity contribution in [1.82, 2.24) is 10.2 Å². The molecule has 3 atom stereocenters. The number of likely N-dealkylation sites (tertiary alicyclic amines) is 1. The van der Waals surface area contributed by atoms with Gasteiger partial charge >= 0.3 is 12.1 Å². The lowest BCUT2D eigenvalue weighted by Crippen LogP contribution is -2.38. The third kappa shape index (κ3) is 7.62. The largest absolute Gasteiger partial charge is 0.490 e. The summed E-state index contributed by atoms with van der Waals surface area (Å²) in [5, 5.41) is 10.0. The quantitative estimate of drug-likeness (QED) is 0.628. The molecule has 3 rings (SSSR count). The summed E-state index contributed by atoms with van der Waals surface area (Å²) in [6.45, 7) is 5.50. The molecular weight excluding hydrogens is 409 g/mol. The summed E-state index contributed by atoms with van der Waals surface area (Å²) < 4.78 is 47.9. The number of carboxylic acid groups (broad SMARTS) is 1. The van der Waals surface area contributed by atoms with Gasteiger partial charge in [-0.05, 0) is 29.9 Å². The van der Waals surface area contributed by atoms with E-state index in [0.717, 1.165) is 32.0 Å². The van der Waals surface area contributed by atoms with Crippen LogP contribution in [0.1, 0.15) is 12.2 Å². The molecule has 2 saturated heterocycles. The van der Waals surface area contributed by atoms with Crippen LogP contribution in [0.4, 0.5) is 13.2 Å². The summed E-state index contributed by atoms with van der Waals surface area (Å²) >= 11 is 0. The number of rotatable bonds is 7. The second kappa shape index (κ2) is 11.3. The Morgan fingerprint density at radius 2 is 2.07 bits per heavy atom. The number of nitrogens with zero attached hydrogens (tertiary/aromatic N) is 1. The van der Waals surface area contributed by atoms with Crippen molar-refractivity contribution in [3.63, 3.8) is 0 Å². The third-order valence-electron chi connectivity index (χ3n) is 5.11. The molecule has 1 aromatic rings. The molecule has 0 aliphatic carbocycles. The molecule has 1 amide bonds. The molecule has 2 N–H and O–H groups in total. The summed E-state index contributed by atoms with van der Waals surface area (Å²) in [6.07, 6.45) is -2.83. The standard InChI is InChI=1S/C17H26N2O4.C2HF3O2/c1-21-6-4-18-17(20)7-13-11-22-12-14-8-19(10-16(13)14)9-15-3-2-5-23-15;3-2(4,5)1(6)7/h2-3,5,13-14,16H,4,6-12H2,1H3,(H,18,20);(H,6,7)/t13-,14-,16+;/m1./s1. The van der Waals surface area contributed by atoms with E-state index in [-0.39, 0.29) is 5.91 Å². The van der Waals surface area contributed by atoms with E-state index in [2.05, 4.69) is 10.2 Å². The van der Waals surface area contributed by atoms with Crippen LogP contribution in [0, 0.1) is 17.8 Å². The van der Waals surface area contributed by atoms with Crippen molar-refractivity contribution in [3.8, 4) is 0 Å². The first kappa shape index (κ1) is 24.2. The number of carboxylic acids is 1. The van der Waals surface area contributed by atoms with Gasteiger partial charge in [0.1, 0.15) is 5.76 Å². The van der Waals surface area contributed by atoms with E-state index >= 15 is 0 Å². The fraction of sp³-hybridized carbons (Fsp3) is 0.684. The monoisotopic (exact) mass is 436 g/mol. The molecule has 2 aliphatic rings. The van der Waals surface area contributed by atoms with Crippen LogP contribution in [-0.4, -0.2) is 74.6 Å². The molecule has 1 aromatic heterocycles. The van der Waals surface area contributed by atoms with Crippen LogP contribution >= 0.6 is 0 Å². The maximum atomic E-state index is 12.1. The van der Waals surface area contributed by atoms with Gasteiger partial charge in [-0.3, -0.25) is 9.69 Å². The van der Waals surface area contributed by atoms with Crippen LogP contribution in [0.25, 0.3) is 0 Å². The molecule has 0 radical (unpaired) electrons. The van der Waals surface area contributed by atoms with Gasteiger partial charge in [0.15, 0.2) is 0 Å². The number of alkyl halides is 3. The number of amides is 1. The Labute approximate surface area is 172 Å². The maximum Gasteiger partial charge on any atom is 0.490 e. The zero-order chi connectivity index (χ0) is 22.1. The Morgan fingerprint density at radius 1 is 1.33 bits per heavy atom. The molecule has 170 valence electrons. The highest BCUT2D eigenvalue weighted by molar-refractivity contribution is 5.76. The van der Waals surface area contributed by atoms with Crippen molar-refractivity contribution < 1.29 is 41.8 Å². The van der Waals surface area contributed by atoms with Crippen LogP contribution in [0.2, 0.25) is 0 Å². The maximum absolute atomic E-state index is 12.1. The van der Waals surface area contributed by atoms with Gasteiger partial charge in [0.2, 0.25) is 5.91 Å². The average Bonchev–Trinajstić information content (AvgIpc) is 3.32. The van der Waals surface area contributed by atoms with Gasteiger partial charge in [-0.15, -0.1) is 0 Å². The van der Waals surface area contributed by atoms with Gasteiger partial charge in [-0.25, -0.2) is 4.79 Å². The summed E-state index contributed by atoms with van der Waals surface area (Å²) in [5.41, 5.74) is 0. The van der Waals surface area contributed by atoms with Crippen molar-refractivity contribution in [2.75, 3.05) is 46.6 Å². The Kier molecular flexibility index (Phi) is 9.12. The highest BCUT2D eigenvalue weighted by Crippen LogP contribution is 2.36. The first-order valence-electron chi connectivity index (χ1n) is 9.59. The number of furan rings is 1. The molecular formula is C19H27F3N2O6. The number of fused-ring (bicyclic) bond motifs is 1. The normalized spacial score (nSPS) is 23.9. The van der Waals surface area contributed by atoms with Crippen molar-refractivity contribution >= 4 is 11.9 Å². The Bertz CT molecular complexity index is 668. The van der Waals surface area contributed by atoms with E-state index in [9.17, 15) is 18.0 Å². The fourth-order valence-electron chi connectivity index (χ4n) is 3.76. The lowest BCUT2D eigenvalue weighted by molar-refractivity contribution is -0.192. The second-order valence-corrected chi connectivity index (χ2v) is 7.34. The summed E-state index contributed by atoms with van der Waals surface area (Å²) in [5.74, 6) is -0.299. The lowest BCUT2D eigenvalue weighted by atomic mass is 9.81. The summed E-state index contributed by atoms with van der Waals surface area (Å²) in [4.78, 5) is 23.4. The summed E-state index contributed by atoms with van der Waals surface area (Å²) in [7, 11) is 1.64. The summed E-state index contributed by atoms with van der Waals surface area (Å²) in [6, 6.07) is 3.94. The SMILES string of the molecule is COCCNC(=O)C[C@@H]1COC[C@H]2CN(Cc3ccco3)C[C@@H]12.O=C(O)C(F)(F)F. The number of hydrogen-bond acceptors (Lipinski definition) is 6. The van der Waals surface area contributed by atoms with E-state index in [0.29, 0.717) is 43.9 Å². The van der Waals surface area contributed by atoms with Crippen LogP contribution in [0.15, 0.2) is 22.8 Å². The molecule has 2 fully saturated rings. The molecule has 0 spiro atoms. The molecule has 8 nitrogen and oxygen atoms in total. The Hall–Kier alpha value is -2.11. The molecule has 11 heteroatoms. The van der Waals surface area contributed by atoms with Crippen LogP contribution in [0.3, 0.4) is 0 Å². The first-order valence-corrected chi connectivity index (χ1v) is 9.59. The molecule has 3 heterocycles. The lowest BCUT2D eigenvalue weighted by Gasteiger charge is -2.32. The first-order chi connectivity index (χ1) is 14.2. The van der Waals surface area contributed by atoms with Gasteiger partial charge in [0.05, 0.1) is 32.6 Å². The number of methoxy groups -OCH3 is 1. The average molecular weight is 436 g/mol. The molecule has 2 aliphatic heterocycles. The zero-order valence-corrected chi connectivity index (χ0v) is 16.7.